The topological polar surface area (TPSA) is 55.7 Å². The maximum atomic E-state index is 5.94. The number of anilines is 1. The van der Waals surface area contributed by atoms with Gasteiger partial charge in [-0.15, -0.1) is 0 Å². The first-order valence-electron chi connectivity index (χ1n) is 15.8. The average molecular weight is 644 g/mol. The van der Waals surface area contributed by atoms with Crippen LogP contribution in [0.15, 0.2) is 217 Å². The van der Waals surface area contributed by atoms with Gasteiger partial charge in [-0.05, 0) is 72.8 Å². The second-order valence-electron chi connectivity index (χ2n) is 10.4. The fourth-order valence-corrected chi connectivity index (χ4v) is 4.26. The van der Waals surface area contributed by atoms with E-state index in [9.17, 15) is 0 Å². The summed E-state index contributed by atoms with van der Waals surface area (Å²) in [6, 6.07) is 58.3. The molecule has 0 aliphatic rings. The lowest BCUT2D eigenvalue weighted by Crippen LogP contribution is -2.11. The predicted octanol–water partition coefficient (Wildman–Crippen LogP) is 10.8. The van der Waals surface area contributed by atoms with Gasteiger partial charge in [0.05, 0.1) is 17.6 Å². The molecule has 0 aromatic heterocycles. The van der Waals surface area contributed by atoms with Crippen molar-refractivity contribution in [1.82, 2.24) is 0 Å². The van der Waals surface area contributed by atoms with E-state index in [2.05, 4.69) is 22.1 Å². The molecule has 0 atom stereocenters. The summed E-state index contributed by atoms with van der Waals surface area (Å²) in [7, 11) is 1.99. The van der Waals surface area contributed by atoms with Crippen LogP contribution in [0.4, 0.5) is 17.1 Å². The summed E-state index contributed by atoms with van der Waals surface area (Å²) >= 11 is 0. The maximum absolute atomic E-state index is 5.94. The number of nitrogens with zero attached hydrogens (tertiary/aromatic N) is 3. The SMILES string of the molecule is C(=CC(=Nc1ccccc1)Oc1ccccc1)Oc1ccccc1.CN(C=CC(=Nc1ccccc1)Oc1ccccc1)c1ccccc1. The Bertz CT molecular complexity index is 1910. The molecule has 49 heavy (non-hydrogen) atoms. The first-order chi connectivity index (χ1) is 24.2. The summed E-state index contributed by atoms with van der Waals surface area (Å²) in [5.74, 6) is 3.21. The first kappa shape index (κ1) is 33.7. The summed E-state index contributed by atoms with van der Waals surface area (Å²) < 4.78 is 17.4. The normalized spacial score (nSPS) is 11.4. The van der Waals surface area contributed by atoms with E-state index in [4.69, 9.17) is 14.2 Å². The van der Waals surface area contributed by atoms with Gasteiger partial charge in [0.15, 0.2) is 0 Å². The van der Waals surface area contributed by atoms with Gasteiger partial charge in [-0.2, -0.15) is 0 Å². The highest BCUT2D eigenvalue weighted by Gasteiger charge is 2.03. The van der Waals surface area contributed by atoms with Crippen molar-refractivity contribution in [2.45, 2.75) is 0 Å². The molecule has 0 radical (unpaired) electrons. The Hall–Kier alpha value is -6.66. The van der Waals surface area contributed by atoms with Crippen molar-refractivity contribution in [1.29, 1.82) is 0 Å². The monoisotopic (exact) mass is 643 g/mol. The maximum Gasteiger partial charge on any atom is 0.222 e. The van der Waals surface area contributed by atoms with Gasteiger partial charge in [0.25, 0.3) is 0 Å². The fraction of sp³-hybridized carbons (Fsp3) is 0.0233. The van der Waals surface area contributed by atoms with E-state index in [0.717, 1.165) is 34.3 Å². The van der Waals surface area contributed by atoms with Crippen LogP contribution in [0.25, 0.3) is 0 Å². The molecule has 0 aliphatic carbocycles. The molecule has 6 rings (SSSR count). The smallest absolute Gasteiger partial charge is 0.222 e. The van der Waals surface area contributed by atoms with Crippen molar-refractivity contribution in [3.8, 4) is 17.2 Å². The lowest BCUT2D eigenvalue weighted by Gasteiger charge is -2.14. The van der Waals surface area contributed by atoms with E-state index < -0.39 is 0 Å². The Labute approximate surface area is 288 Å². The number of para-hydroxylation sites is 6. The van der Waals surface area contributed by atoms with Crippen molar-refractivity contribution < 1.29 is 14.2 Å². The number of aliphatic imine (C=N–C) groups is 2. The van der Waals surface area contributed by atoms with Crippen molar-refractivity contribution in [3.05, 3.63) is 207 Å². The zero-order valence-corrected chi connectivity index (χ0v) is 27.2. The van der Waals surface area contributed by atoms with Gasteiger partial charge in [0.2, 0.25) is 11.8 Å². The summed E-state index contributed by atoms with van der Waals surface area (Å²) in [5, 5.41) is 0. The molecule has 0 amide bonds. The molecule has 6 heteroatoms. The zero-order chi connectivity index (χ0) is 33.8. The average Bonchev–Trinajstić information content (AvgIpc) is 3.16. The molecule has 0 heterocycles. The van der Waals surface area contributed by atoms with Crippen LogP contribution in [0, 0.1) is 0 Å². The van der Waals surface area contributed by atoms with Gasteiger partial charge in [-0.1, -0.05) is 109 Å². The van der Waals surface area contributed by atoms with Crippen LogP contribution in [0.5, 0.6) is 17.2 Å². The number of benzene rings is 6. The van der Waals surface area contributed by atoms with E-state index in [-0.39, 0.29) is 0 Å². The van der Waals surface area contributed by atoms with Gasteiger partial charge in [-0.25, -0.2) is 9.98 Å². The highest BCUT2D eigenvalue weighted by Crippen LogP contribution is 2.17. The molecular formula is C43H37N3O3. The second-order valence-corrected chi connectivity index (χ2v) is 10.4. The molecule has 0 bridgehead atoms. The highest BCUT2D eigenvalue weighted by atomic mass is 16.5. The summed E-state index contributed by atoms with van der Waals surface area (Å²) in [6.07, 6.45) is 7.08. The number of hydrogen-bond donors (Lipinski definition) is 0. The minimum atomic E-state index is 0.448. The van der Waals surface area contributed by atoms with Gasteiger partial charge in [0.1, 0.15) is 17.2 Å². The third-order valence-electron chi connectivity index (χ3n) is 6.68. The third kappa shape index (κ3) is 12.2. The van der Waals surface area contributed by atoms with E-state index >= 15 is 0 Å². The minimum Gasteiger partial charge on any atom is -0.465 e. The summed E-state index contributed by atoms with van der Waals surface area (Å²) in [5.41, 5.74) is 2.76. The number of rotatable bonds is 10. The molecule has 6 nitrogen and oxygen atoms in total. The van der Waals surface area contributed by atoms with Crippen LogP contribution < -0.4 is 19.1 Å². The fourth-order valence-electron chi connectivity index (χ4n) is 4.26. The van der Waals surface area contributed by atoms with Crippen LogP contribution in [-0.2, 0) is 0 Å². The summed E-state index contributed by atoms with van der Waals surface area (Å²) in [6.45, 7) is 0. The molecule has 0 saturated heterocycles. The molecule has 0 spiro atoms. The molecule has 6 aromatic rings. The Morgan fingerprint density at radius 2 is 0.816 bits per heavy atom. The Balaban J connectivity index is 0.000000191. The van der Waals surface area contributed by atoms with E-state index in [0.29, 0.717) is 11.8 Å². The quantitative estimate of drug-likeness (QED) is 0.0847. The van der Waals surface area contributed by atoms with E-state index in [1.807, 2.05) is 194 Å². The largest absolute Gasteiger partial charge is 0.465 e. The number of hydrogen-bond acceptors (Lipinski definition) is 6. The van der Waals surface area contributed by atoms with Crippen LogP contribution in [0.2, 0.25) is 0 Å². The van der Waals surface area contributed by atoms with E-state index in [1.54, 1.807) is 12.3 Å². The molecule has 0 saturated carbocycles. The lowest BCUT2D eigenvalue weighted by molar-refractivity contribution is 0.479. The van der Waals surface area contributed by atoms with Gasteiger partial charge in [0, 0.05) is 31.1 Å². The Morgan fingerprint density at radius 1 is 0.449 bits per heavy atom. The predicted molar refractivity (Wildman–Crippen MR) is 201 cm³/mol. The molecule has 0 N–H and O–H groups in total. The highest BCUT2D eigenvalue weighted by molar-refractivity contribution is 5.92. The van der Waals surface area contributed by atoms with Crippen molar-refractivity contribution >= 4 is 28.9 Å². The van der Waals surface area contributed by atoms with Crippen molar-refractivity contribution in [2.75, 3.05) is 11.9 Å². The van der Waals surface area contributed by atoms with Crippen LogP contribution >= 0.6 is 0 Å². The molecule has 0 fully saturated rings. The van der Waals surface area contributed by atoms with Gasteiger partial charge in [-0.3, -0.25) is 0 Å². The number of ether oxygens (including phenoxy) is 3. The summed E-state index contributed by atoms with van der Waals surface area (Å²) in [4.78, 5) is 11.1. The van der Waals surface area contributed by atoms with E-state index in [1.165, 1.54) is 0 Å². The van der Waals surface area contributed by atoms with Crippen molar-refractivity contribution in [3.63, 3.8) is 0 Å². The van der Waals surface area contributed by atoms with Crippen LogP contribution in [0.3, 0.4) is 0 Å². The molecule has 0 unspecified atom stereocenters. The van der Waals surface area contributed by atoms with Gasteiger partial charge >= 0.3 is 0 Å². The standard InChI is InChI=1S/C22H20N2O.C21H17NO2/c1-24(20-13-7-3-8-14-20)18-17-22(23-19-11-5-2-6-12-19)25-21-15-9-4-10-16-21;1-4-10-18(11-5-1)22-21(24-20-14-8-3-9-15-20)16-17-23-19-12-6-2-7-13-19/h2-18H,1H3;1-17H. The second kappa shape index (κ2) is 19.1. The zero-order valence-electron chi connectivity index (χ0n) is 27.2. The first-order valence-corrected chi connectivity index (χ1v) is 15.8. The Morgan fingerprint density at radius 3 is 1.27 bits per heavy atom. The van der Waals surface area contributed by atoms with Crippen LogP contribution in [0.1, 0.15) is 0 Å². The molecule has 0 aliphatic heterocycles. The molecule has 242 valence electrons. The third-order valence-corrected chi connectivity index (χ3v) is 6.68. The Kier molecular flexibility index (Phi) is 13.1. The van der Waals surface area contributed by atoms with Gasteiger partial charge < -0.3 is 19.1 Å². The van der Waals surface area contributed by atoms with Crippen LogP contribution in [-0.4, -0.2) is 18.8 Å². The minimum absolute atomic E-state index is 0.448. The molecular weight excluding hydrogens is 606 g/mol. The lowest BCUT2D eigenvalue weighted by atomic mass is 10.3. The molecule has 6 aromatic carbocycles. The van der Waals surface area contributed by atoms with Crippen molar-refractivity contribution in [2.24, 2.45) is 9.98 Å².